The van der Waals surface area contributed by atoms with Crippen LogP contribution in [-0.4, -0.2) is 6.21 Å². The largest absolute Gasteiger partial charge is 0.257 e. The van der Waals surface area contributed by atoms with Crippen molar-refractivity contribution in [1.82, 2.24) is 0 Å². The second-order valence-electron chi connectivity index (χ2n) is 3.36. The zero-order chi connectivity index (χ0) is 9.68. The molecule has 0 radical (unpaired) electrons. The van der Waals surface area contributed by atoms with Crippen LogP contribution >= 0.6 is 0 Å². The molecule has 0 unspecified atom stereocenters. The summed E-state index contributed by atoms with van der Waals surface area (Å²) in [6.45, 7) is 6.19. The number of hydrogen-bond donors (Lipinski definition) is 0. The van der Waals surface area contributed by atoms with E-state index in [-0.39, 0.29) is 0 Å². The van der Waals surface area contributed by atoms with Gasteiger partial charge in [-0.15, -0.1) is 0 Å². The Morgan fingerprint density at radius 3 is 2.31 bits per heavy atom. The predicted octanol–water partition coefficient (Wildman–Crippen LogP) is 3.66. The van der Waals surface area contributed by atoms with Crippen LogP contribution < -0.4 is 0 Å². The van der Waals surface area contributed by atoms with Crippen molar-refractivity contribution in [1.29, 1.82) is 0 Å². The van der Waals surface area contributed by atoms with Crippen LogP contribution in [0, 0.1) is 6.92 Å². The second-order valence-corrected chi connectivity index (χ2v) is 3.36. The van der Waals surface area contributed by atoms with Crippen LogP contribution in [0.1, 0.15) is 19.4 Å². The van der Waals surface area contributed by atoms with Crippen LogP contribution in [0.25, 0.3) is 0 Å². The van der Waals surface area contributed by atoms with Crippen molar-refractivity contribution in [3.8, 4) is 0 Å². The van der Waals surface area contributed by atoms with Gasteiger partial charge in [0.05, 0.1) is 5.69 Å². The number of hydrogen-bond acceptors (Lipinski definition) is 1. The standard InChI is InChI=1S/C12H15N/c1-10(2)8-9-13-12-6-4-11(3)5-7-12/h4-9H,1-3H3. The fourth-order valence-corrected chi connectivity index (χ4v) is 0.903. The van der Waals surface area contributed by atoms with E-state index in [1.165, 1.54) is 11.1 Å². The Morgan fingerprint density at radius 1 is 1.15 bits per heavy atom. The molecule has 0 aromatic heterocycles. The van der Waals surface area contributed by atoms with Gasteiger partial charge in [0.15, 0.2) is 0 Å². The third-order valence-electron chi connectivity index (χ3n) is 1.67. The van der Waals surface area contributed by atoms with Crippen LogP contribution in [0.15, 0.2) is 40.9 Å². The van der Waals surface area contributed by atoms with Gasteiger partial charge in [-0.25, -0.2) is 0 Å². The first kappa shape index (κ1) is 9.72. The molecule has 0 atom stereocenters. The summed E-state index contributed by atoms with van der Waals surface area (Å²) >= 11 is 0. The summed E-state index contributed by atoms with van der Waals surface area (Å²) in [5.74, 6) is 0. The van der Waals surface area contributed by atoms with Gasteiger partial charge in [-0.05, 0) is 39.0 Å². The lowest BCUT2D eigenvalue weighted by molar-refractivity contribution is 1.40. The monoisotopic (exact) mass is 173 g/mol. The van der Waals surface area contributed by atoms with Gasteiger partial charge < -0.3 is 0 Å². The molecule has 0 bridgehead atoms. The Hall–Kier alpha value is -1.37. The van der Waals surface area contributed by atoms with E-state index in [0.29, 0.717) is 0 Å². The summed E-state index contributed by atoms with van der Waals surface area (Å²) < 4.78 is 0. The zero-order valence-corrected chi connectivity index (χ0v) is 8.41. The molecular weight excluding hydrogens is 158 g/mol. The van der Waals surface area contributed by atoms with Crippen LogP contribution in [-0.2, 0) is 0 Å². The van der Waals surface area contributed by atoms with Gasteiger partial charge in [0.1, 0.15) is 0 Å². The molecular formula is C12H15N. The van der Waals surface area contributed by atoms with E-state index in [2.05, 4.69) is 37.9 Å². The fourth-order valence-electron chi connectivity index (χ4n) is 0.903. The lowest BCUT2D eigenvalue weighted by Crippen LogP contribution is -1.71. The molecule has 0 spiro atoms. The second kappa shape index (κ2) is 4.61. The number of aliphatic imine (C=N–C) groups is 1. The average molecular weight is 173 g/mol. The van der Waals surface area contributed by atoms with Crippen molar-refractivity contribution < 1.29 is 0 Å². The summed E-state index contributed by atoms with van der Waals surface area (Å²) in [6, 6.07) is 8.17. The fraction of sp³-hybridized carbons (Fsp3) is 0.250. The molecule has 1 heteroatoms. The SMILES string of the molecule is CC(C)=CC=Nc1ccc(C)cc1. The molecule has 0 amide bonds. The molecule has 0 aliphatic rings. The Labute approximate surface area is 79.8 Å². The van der Waals surface area contributed by atoms with Crippen molar-refractivity contribution in [3.63, 3.8) is 0 Å². The summed E-state index contributed by atoms with van der Waals surface area (Å²) in [5.41, 5.74) is 3.53. The molecule has 68 valence electrons. The van der Waals surface area contributed by atoms with Crippen LogP contribution in [0.2, 0.25) is 0 Å². The van der Waals surface area contributed by atoms with Crippen molar-refractivity contribution in [2.75, 3.05) is 0 Å². The van der Waals surface area contributed by atoms with E-state index in [1.807, 2.05) is 24.4 Å². The minimum absolute atomic E-state index is 1.00. The van der Waals surface area contributed by atoms with Gasteiger partial charge in [0.2, 0.25) is 0 Å². The van der Waals surface area contributed by atoms with Crippen molar-refractivity contribution in [2.24, 2.45) is 4.99 Å². The smallest absolute Gasteiger partial charge is 0.0629 e. The molecule has 0 aliphatic heterocycles. The first-order valence-electron chi connectivity index (χ1n) is 4.43. The Balaban J connectivity index is 2.70. The lowest BCUT2D eigenvalue weighted by Gasteiger charge is -1.92. The predicted molar refractivity (Wildman–Crippen MR) is 58.8 cm³/mol. The van der Waals surface area contributed by atoms with Crippen LogP contribution in [0.4, 0.5) is 5.69 Å². The third-order valence-corrected chi connectivity index (χ3v) is 1.67. The Morgan fingerprint density at radius 2 is 1.77 bits per heavy atom. The maximum atomic E-state index is 4.29. The summed E-state index contributed by atoms with van der Waals surface area (Å²) in [5, 5.41) is 0. The van der Waals surface area contributed by atoms with Gasteiger partial charge in [0, 0.05) is 6.21 Å². The maximum Gasteiger partial charge on any atom is 0.0629 e. The molecule has 1 nitrogen and oxygen atoms in total. The van der Waals surface area contributed by atoms with Gasteiger partial charge in [-0.3, -0.25) is 4.99 Å². The minimum Gasteiger partial charge on any atom is -0.257 e. The highest BCUT2D eigenvalue weighted by Crippen LogP contribution is 2.11. The molecule has 0 N–H and O–H groups in total. The van der Waals surface area contributed by atoms with Crippen molar-refractivity contribution >= 4 is 11.9 Å². The topological polar surface area (TPSA) is 12.4 Å². The van der Waals surface area contributed by atoms with Crippen molar-refractivity contribution in [2.45, 2.75) is 20.8 Å². The van der Waals surface area contributed by atoms with E-state index < -0.39 is 0 Å². The molecule has 1 rings (SSSR count). The van der Waals surface area contributed by atoms with Gasteiger partial charge >= 0.3 is 0 Å². The molecule has 0 heterocycles. The number of benzene rings is 1. The highest BCUT2D eigenvalue weighted by atomic mass is 14.7. The summed E-state index contributed by atoms with van der Waals surface area (Å²) in [7, 11) is 0. The first-order valence-corrected chi connectivity index (χ1v) is 4.43. The first-order chi connectivity index (χ1) is 6.18. The molecule has 0 aliphatic carbocycles. The summed E-state index contributed by atoms with van der Waals surface area (Å²) in [4.78, 5) is 4.29. The molecule has 0 fully saturated rings. The van der Waals surface area contributed by atoms with Gasteiger partial charge in [-0.1, -0.05) is 23.3 Å². The van der Waals surface area contributed by atoms with Gasteiger partial charge in [-0.2, -0.15) is 0 Å². The van der Waals surface area contributed by atoms with E-state index in [1.54, 1.807) is 0 Å². The molecule has 1 aromatic carbocycles. The average Bonchev–Trinajstić information content (AvgIpc) is 2.08. The normalized spacial score (nSPS) is 10.4. The number of aryl methyl sites for hydroxylation is 1. The molecule has 0 saturated heterocycles. The lowest BCUT2D eigenvalue weighted by atomic mass is 10.2. The quantitative estimate of drug-likeness (QED) is 0.605. The Kier molecular flexibility index (Phi) is 3.44. The number of rotatable bonds is 2. The van der Waals surface area contributed by atoms with E-state index in [4.69, 9.17) is 0 Å². The Bertz CT molecular complexity index is 313. The zero-order valence-electron chi connectivity index (χ0n) is 8.41. The summed E-state index contributed by atoms with van der Waals surface area (Å²) in [6.07, 6.45) is 3.83. The highest BCUT2D eigenvalue weighted by Gasteiger charge is 1.85. The van der Waals surface area contributed by atoms with E-state index >= 15 is 0 Å². The molecule has 13 heavy (non-hydrogen) atoms. The van der Waals surface area contributed by atoms with Crippen LogP contribution in [0.5, 0.6) is 0 Å². The maximum absolute atomic E-state index is 4.29. The van der Waals surface area contributed by atoms with Gasteiger partial charge in [0.25, 0.3) is 0 Å². The molecule has 1 aromatic rings. The number of nitrogens with zero attached hydrogens (tertiary/aromatic N) is 1. The van der Waals surface area contributed by atoms with E-state index in [9.17, 15) is 0 Å². The number of allylic oxidation sites excluding steroid dienone is 2. The third kappa shape index (κ3) is 3.70. The highest BCUT2D eigenvalue weighted by molar-refractivity contribution is 5.75. The van der Waals surface area contributed by atoms with E-state index in [0.717, 1.165) is 5.69 Å². The molecule has 0 saturated carbocycles. The van der Waals surface area contributed by atoms with Crippen molar-refractivity contribution in [3.05, 3.63) is 41.5 Å². The van der Waals surface area contributed by atoms with Crippen LogP contribution in [0.3, 0.4) is 0 Å². The minimum atomic E-state index is 1.00.